The van der Waals surface area contributed by atoms with Gasteiger partial charge in [0.15, 0.2) is 0 Å². The molecule has 6 nitrogen and oxygen atoms in total. The van der Waals surface area contributed by atoms with Gasteiger partial charge in [-0.05, 0) is 24.6 Å². The van der Waals surface area contributed by atoms with Crippen molar-refractivity contribution in [1.29, 1.82) is 4.78 Å². The number of hydrogen-bond donors (Lipinski definition) is 1. The van der Waals surface area contributed by atoms with E-state index >= 15 is 0 Å². The van der Waals surface area contributed by atoms with E-state index in [2.05, 4.69) is 4.98 Å². The zero-order valence-corrected chi connectivity index (χ0v) is 18.0. The lowest BCUT2D eigenvalue weighted by Crippen LogP contribution is -2.23. The van der Waals surface area contributed by atoms with Crippen molar-refractivity contribution in [3.63, 3.8) is 0 Å². The molecule has 9 heteroatoms. The van der Waals surface area contributed by atoms with E-state index in [0.29, 0.717) is 22.3 Å². The zero-order valence-electron chi connectivity index (χ0n) is 17.1. The Balaban J connectivity index is 1.99. The number of aryl methyl sites for hydroxylation is 2. The highest BCUT2D eigenvalue weighted by atomic mass is 32.2. The van der Waals surface area contributed by atoms with Crippen molar-refractivity contribution in [2.45, 2.75) is 18.4 Å². The van der Waals surface area contributed by atoms with Crippen LogP contribution in [0.1, 0.15) is 11.3 Å². The molecule has 0 spiro atoms. The Morgan fingerprint density at radius 2 is 1.74 bits per heavy atom. The number of fused-ring (bicyclic) bond motifs is 1. The maximum atomic E-state index is 14.8. The molecule has 0 aliphatic carbocycles. The van der Waals surface area contributed by atoms with Crippen LogP contribution >= 0.6 is 0 Å². The van der Waals surface area contributed by atoms with Crippen molar-refractivity contribution in [2.24, 2.45) is 7.05 Å². The minimum absolute atomic E-state index is 0.235. The predicted octanol–water partition coefficient (Wildman–Crippen LogP) is 4.07. The van der Waals surface area contributed by atoms with E-state index in [1.54, 1.807) is 13.2 Å². The van der Waals surface area contributed by atoms with Gasteiger partial charge in [0.25, 0.3) is 0 Å². The normalized spacial score (nSPS) is 13.5. The second kappa shape index (κ2) is 7.42. The summed E-state index contributed by atoms with van der Waals surface area (Å²) in [6.07, 6.45) is 2.66. The molecule has 2 aromatic heterocycles. The number of aromatic nitrogens is 3. The van der Waals surface area contributed by atoms with Gasteiger partial charge >= 0.3 is 5.69 Å². The Kier molecular flexibility index (Phi) is 5.01. The minimum Gasteiger partial charge on any atom is -0.293 e. The average Bonchev–Trinajstić information content (AvgIpc) is 2.95. The maximum absolute atomic E-state index is 14.8. The first kappa shape index (κ1) is 20.9. The number of imidazole rings is 1. The predicted molar refractivity (Wildman–Crippen MR) is 116 cm³/mol. The van der Waals surface area contributed by atoms with E-state index in [-0.39, 0.29) is 17.0 Å². The molecule has 31 heavy (non-hydrogen) atoms. The smallest absolute Gasteiger partial charge is 0.293 e. The molecule has 1 N–H and O–H groups in total. The lowest BCUT2D eigenvalue weighted by atomic mass is 10.0. The highest BCUT2D eigenvalue weighted by Gasteiger charge is 2.22. The number of hydrogen-bond acceptors (Lipinski definition) is 4. The van der Waals surface area contributed by atoms with Gasteiger partial charge in [0.1, 0.15) is 11.6 Å². The van der Waals surface area contributed by atoms with E-state index in [1.165, 1.54) is 9.13 Å². The molecule has 0 saturated carbocycles. The van der Waals surface area contributed by atoms with Crippen molar-refractivity contribution < 1.29 is 13.0 Å². The van der Waals surface area contributed by atoms with E-state index in [1.807, 2.05) is 37.3 Å². The summed E-state index contributed by atoms with van der Waals surface area (Å²) in [7, 11) is -1.71. The molecule has 4 aromatic rings. The van der Waals surface area contributed by atoms with Gasteiger partial charge in [-0.3, -0.25) is 14.1 Å². The molecular formula is C22H20F2N4O2S. The fourth-order valence-corrected chi connectivity index (χ4v) is 4.35. The largest absolute Gasteiger partial charge is 0.329 e. The quantitative estimate of drug-likeness (QED) is 0.517. The Bertz CT molecular complexity index is 1470. The zero-order chi connectivity index (χ0) is 22.5. The van der Waals surface area contributed by atoms with Crippen LogP contribution in [0.5, 0.6) is 0 Å². The second-order valence-corrected chi connectivity index (χ2v) is 9.61. The second-order valence-electron chi connectivity index (χ2n) is 7.46. The summed E-state index contributed by atoms with van der Waals surface area (Å²) in [4.78, 5) is 17.2. The lowest BCUT2D eigenvalue weighted by molar-refractivity contribution is 0.536. The Hall–Kier alpha value is -3.33. The summed E-state index contributed by atoms with van der Waals surface area (Å²) in [6.45, 7) is 1.45. The van der Waals surface area contributed by atoms with Crippen LogP contribution in [0.4, 0.5) is 8.78 Å². The number of halogens is 2. The molecule has 2 heterocycles. The van der Waals surface area contributed by atoms with Crippen LogP contribution in [0.2, 0.25) is 0 Å². The van der Waals surface area contributed by atoms with Crippen molar-refractivity contribution in [1.82, 2.24) is 14.1 Å². The van der Waals surface area contributed by atoms with Crippen LogP contribution < -0.4 is 5.69 Å². The minimum atomic E-state index is -3.29. The Morgan fingerprint density at radius 1 is 1.13 bits per heavy atom. The summed E-state index contributed by atoms with van der Waals surface area (Å²) in [5.41, 5.74) is 2.49. The van der Waals surface area contributed by atoms with E-state index in [0.717, 1.165) is 24.0 Å². The van der Waals surface area contributed by atoms with Gasteiger partial charge < -0.3 is 0 Å². The monoisotopic (exact) mass is 442 g/mol. The molecule has 4 rings (SSSR count). The average molecular weight is 442 g/mol. The van der Waals surface area contributed by atoms with Crippen LogP contribution in [0, 0.1) is 23.3 Å². The van der Waals surface area contributed by atoms with Gasteiger partial charge in [0.05, 0.1) is 38.4 Å². The van der Waals surface area contributed by atoms with Crippen molar-refractivity contribution in [3.05, 3.63) is 82.0 Å². The van der Waals surface area contributed by atoms with Gasteiger partial charge in [-0.1, -0.05) is 30.3 Å². The van der Waals surface area contributed by atoms with Gasteiger partial charge in [-0.2, -0.15) is 0 Å². The topological polar surface area (TPSA) is 80.7 Å². The lowest BCUT2D eigenvalue weighted by Gasteiger charge is -2.13. The summed E-state index contributed by atoms with van der Waals surface area (Å²) in [5, 5.41) is 0. The van der Waals surface area contributed by atoms with Crippen LogP contribution in [0.3, 0.4) is 0 Å². The number of nitrogens with zero attached hydrogens (tertiary/aromatic N) is 3. The first-order valence-corrected chi connectivity index (χ1v) is 11.4. The van der Waals surface area contributed by atoms with Gasteiger partial charge in [-0.15, -0.1) is 0 Å². The number of nitrogens with one attached hydrogen (secondary N) is 1. The molecule has 0 amide bonds. The van der Waals surface area contributed by atoms with E-state index in [4.69, 9.17) is 4.78 Å². The van der Waals surface area contributed by atoms with Crippen molar-refractivity contribution in [2.75, 3.05) is 6.26 Å². The molecule has 0 aliphatic heterocycles. The molecule has 0 saturated heterocycles. The highest BCUT2D eigenvalue weighted by Crippen LogP contribution is 2.31. The van der Waals surface area contributed by atoms with Crippen molar-refractivity contribution >= 4 is 20.8 Å². The third-order valence-corrected chi connectivity index (χ3v) is 6.45. The standard InChI is InChI=1S/C22H20F2N4O2S/c1-13-20(14-7-5-4-6-8-14)21-19(11-26-13)27(2)22(29)28(21)12-16-17(23)9-15(10-18(16)24)31(3,25)30/h4-11,25H,12H2,1-3H3/t31-/m1/s1. The summed E-state index contributed by atoms with van der Waals surface area (Å²) < 4.78 is 51.8. The third-order valence-electron chi connectivity index (χ3n) is 5.31. The molecule has 2 aromatic carbocycles. The maximum Gasteiger partial charge on any atom is 0.329 e. The number of benzene rings is 2. The van der Waals surface area contributed by atoms with Gasteiger partial charge in [0.2, 0.25) is 0 Å². The van der Waals surface area contributed by atoms with Crippen molar-refractivity contribution in [3.8, 4) is 11.1 Å². The SMILES string of the molecule is Cc1ncc2c(c1-c1ccccc1)n(Cc1c(F)cc([S@](C)(=N)=O)cc1F)c(=O)n2C. The molecule has 0 radical (unpaired) electrons. The first-order chi connectivity index (χ1) is 14.6. The molecule has 0 bridgehead atoms. The van der Waals surface area contributed by atoms with Gasteiger partial charge in [0, 0.05) is 30.1 Å². The van der Waals surface area contributed by atoms with Crippen LogP contribution in [0.25, 0.3) is 22.2 Å². The van der Waals surface area contributed by atoms with Gasteiger partial charge in [-0.25, -0.2) is 22.6 Å². The third kappa shape index (κ3) is 3.54. The number of pyridine rings is 1. The van der Waals surface area contributed by atoms with Crippen LogP contribution in [-0.2, 0) is 23.3 Å². The number of rotatable bonds is 4. The summed E-state index contributed by atoms with van der Waals surface area (Å²) in [6, 6.07) is 11.2. The molecule has 1 atom stereocenters. The molecule has 0 unspecified atom stereocenters. The fourth-order valence-electron chi connectivity index (χ4n) is 3.69. The highest BCUT2D eigenvalue weighted by molar-refractivity contribution is 7.91. The molecule has 0 fully saturated rings. The van der Waals surface area contributed by atoms with E-state index < -0.39 is 27.1 Å². The molecule has 160 valence electrons. The van der Waals surface area contributed by atoms with E-state index in [9.17, 15) is 17.8 Å². The molecular weight excluding hydrogens is 422 g/mol. The summed E-state index contributed by atoms with van der Waals surface area (Å²) >= 11 is 0. The van der Waals surface area contributed by atoms with Crippen LogP contribution in [-0.4, -0.2) is 24.6 Å². The first-order valence-electron chi connectivity index (χ1n) is 9.41. The molecule has 0 aliphatic rings. The Labute approximate surface area is 177 Å². The summed E-state index contributed by atoms with van der Waals surface area (Å²) in [5.74, 6) is -1.90. The fraction of sp³-hybridized carbons (Fsp3) is 0.182. The van der Waals surface area contributed by atoms with Crippen LogP contribution in [0.15, 0.2) is 58.4 Å². The Morgan fingerprint density at radius 3 is 2.32 bits per heavy atom.